The number of rotatable bonds is 5. The topological polar surface area (TPSA) is 47.8 Å². The minimum absolute atomic E-state index is 0.162. The molecule has 0 aliphatic carbocycles. The summed E-state index contributed by atoms with van der Waals surface area (Å²) >= 11 is 0. The Labute approximate surface area is 123 Å². The van der Waals surface area contributed by atoms with Gasteiger partial charge in [-0.1, -0.05) is 24.3 Å². The van der Waals surface area contributed by atoms with Crippen molar-refractivity contribution in [2.75, 3.05) is 0 Å². The smallest absolute Gasteiger partial charge is 0.143 e. The van der Waals surface area contributed by atoms with Crippen molar-refractivity contribution in [3.63, 3.8) is 0 Å². The Bertz CT molecular complexity index is 762. The number of aryl methyl sites for hydroxylation is 1. The highest BCUT2D eigenvalue weighted by atomic mass is 16.1. The maximum absolute atomic E-state index is 12.2. The molecule has 4 heteroatoms. The van der Waals surface area contributed by atoms with Crippen molar-refractivity contribution in [2.45, 2.75) is 26.3 Å². The second-order valence-electron chi connectivity index (χ2n) is 5.03. The minimum Gasteiger partial charge on any atom is -0.299 e. The quantitative estimate of drug-likeness (QED) is 0.721. The average molecular weight is 279 g/mol. The molecule has 0 radical (unpaired) electrons. The summed E-state index contributed by atoms with van der Waals surface area (Å²) in [6, 6.07) is 11.8. The van der Waals surface area contributed by atoms with Crippen LogP contribution in [0.5, 0.6) is 0 Å². The highest BCUT2D eigenvalue weighted by molar-refractivity contribution is 5.89. The molecule has 0 aliphatic rings. The van der Waals surface area contributed by atoms with Crippen molar-refractivity contribution >= 4 is 16.7 Å². The zero-order valence-electron chi connectivity index (χ0n) is 12.0. The Morgan fingerprint density at radius 3 is 2.76 bits per heavy atom. The van der Waals surface area contributed by atoms with E-state index in [0.717, 1.165) is 28.7 Å². The third kappa shape index (κ3) is 2.84. The van der Waals surface area contributed by atoms with E-state index in [1.807, 2.05) is 41.1 Å². The van der Waals surface area contributed by atoms with E-state index in [4.69, 9.17) is 0 Å². The summed E-state index contributed by atoms with van der Waals surface area (Å²) in [6.07, 6.45) is 4.22. The molecule has 3 rings (SSSR count). The molecule has 0 saturated heterocycles. The van der Waals surface area contributed by atoms with Gasteiger partial charge in [-0.3, -0.25) is 14.5 Å². The van der Waals surface area contributed by atoms with E-state index in [0.29, 0.717) is 12.8 Å². The fourth-order valence-corrected chi connectivity index (χ4v) is 2.55. The third-order valence-electron chi connectivity index (χ3n) is 3.52. The zero-order chi connectivity index (χ0) is 14.7. The first kappa shape index (κ1) is 13.5. The van der Waals surface area contributed by atoms with E-state index in [2.05, 4.69) is 17.0 Å². The first-order valence-corrected chi connectivity index (χ1v) is 7.13. The van der Waals surface area contributed by atoms with Gasteiger partial charge in [-0.05, 0) is 24.6 Å². The van der Waals surface area contributed by atoms with Crippen molar-refractivity contribution in [3.05, 3.63) is 60.0 Å². The maximum atomic E-state index is 12.2. The number of pyridine rings is 1. The van der Waals surface area contributed by atoms with Gasteiger partial charge >= 0.3 is 0 Å². The Balaban J connectivity index is 1.83. The van der Waals surface area contributed by atoms with E-state index in [1.54, 1.807) is 12.4 Å². The highest BCUT2D eigenvalue weighted by Crippen LogP contribution is 2.19. The van der Waals surface area contributed by atoms with Gasteiger partial charge in [0.05, 0.1) is 17.6 Å². The molecule has 0 saturated carbocycles. The summed E-state index contributed by atoms with van der Waals surface area (Å²) in [4.78, 5) is 16.3. The molecule has 21 heavy (non-hydrogen) atoms. The predicted molar refractivity (Wildman–Crippen MR) is 82.1 cm³/mol. The van der Waals surface area contributed by atoms with E-state index in [9.17, 15) is 4.79 Å². The van der Waals surface area contributed by atoms with Crippen LogP contribution in [0.4, 0.5) is 0 Å². The molecular formula is C17H17N3O. The van der Waals surface area contributed by atoms with E-state index in [-0.39, 0.29) is 5.78 Å². The highest BCUT2D eigenvalue weighted by Gasteiger charge is 2.13. The summed E-state index contributed by atoms with van der Waals surface area (Å²) in [5, 5.41) is 5.64. The van der Waals surface area contributed by atoms with Crippen molar-refractivity contribution in [1.29, 1.82) is 0 Å². The number of benzene rings is 1. The van der Waals surface area contributed by atoms with Gasteiger partial charge in [-0.25, -0.2) is 0 Å². The average Bonchev–Trinajstić information content (AvgIpc) is 2.86. The fraction of sp³-hybridized carbons (Fsp3) is 0.235. The fourth-order valence-electron chi connectivity index (χ4n) is 2.55. The molecule has 0 unspecified atom stereocenters. The van der Waals surface area contributed by atoms with E-state index >= 15 is 0 Å². The van der Waals surface area contributed by atoms with Crippen LogP contribution in [0, 0.1) is 0 Å². The third-order valence-corrected chi connectivity index (χ3v) is 3.52. The van der Waals surface area contributed by atoms with Gasteiger partial charge in [0.25, 0.3) is 0 Å². The van der Waals surface area contributed by atoms with Crippen LogP contribution in [0.2, 0.25) is 0 Å². The van der Waals surface area contributed by atoms with Crippen LogP contribution in [-0.4, -0.2) is 20.5 Å². The van der Waals surface area contributed by atoms with Gasteiger partial charge < -0.3 is 0 Å². The number of aromatic nitrogens is 3. The van der Waals surface area contributed by atoms with Crippen LogP contribution in [0.3, 0.4) is 0 Å². The molecule has 3 aromatic rings. The lowest BCUT2D eigenvalue weighted by Crippen LogP contribution is -2.08. The summed E-state index contributed by atoms with van der Waals surface area (Å²) in [7, 11) is 0. The summed E-state index contributed by atoms with van der Waals surface area (Å²) in [5.41, 5.74) is 2.90. The molecule has 2 heterocycles. The number of hydrogen-bond acceptors (Lipinski definition) is 3. The summed E-state index contributed by atoms with van der Waals surface area (Å²) < 4.78 is 1.95. The maximum Gasteiger partial charge on any atom is 0.143 e. The SMILES string of the molecule is CCn1nc(CC(=O)Cc2cccnc2)c2ccccc21. The number of hydrogen-bond donors (Lipinski definition) is 0. The van der Waals surface area contributed by atoms with Crippen molar-refractivity contribution in [2.24, 2.45) is 0 Å². The van der Waals surface area contributed by atoms with Crippen LogP contribution < -0.4 is 0 Å². The molecule has 0 N–H and O–H groups in total. The monoisotopic (exact) mass is 279 g/mol. The number of nitrogens with zero attached hydrogens (tertiary/aromatic N) is 3. The van der Waals surface area contributed by atoms with Crippen LogP contribution in [0.1, 0.15) is 18.2 Å². The Hall–Kier alpha value is -2.49. The number of Topliss-reactive ketones (excluding diaryl/α,β-unsaturated/α-hetero) is 1. The molecule has 2 aromatic heterocycles. The first-order chi connectivity index (χ1) is 10.3. The lowest BCUT2D eigenvalue weighted by Gasteiger charge is -1.99. The Morgan fingerprint density at radius 1 is 1.14 bits per heavy atom. The molecule has 0 amide bonds. The predicted octanol–water partition coefficient (Wildman–Crippen LogP) is 2.81. The van der Waals surface area contributed by atoms with Gasteiger partial charge in [0, 0.05) is 30.7 Å². The number of ketones is 1. The number of fused-ring (bicyclic) bond motifs is 1. The van der Waals surface area contributed by atoms with Crippen LogP contribution in [-0.2, 0) is 24.2 Å². The lowest BCUT2D eigenvalue weighted by atomic mass is 10.1. The van der Waals surface area contributed by atoms with Crippen molar-refractivity contribution in [1.82, 2.24) is 14.8 Å². The standard InChI is InChI=1S/C17H17N3O/c1-2-20-17-8-4-3-7-15(17)16(19-20)11-14(21)10-13-6-5-9-18-12-13/h3-9,12H,2,10-11H2,1H3. The van der Waals surface area contributed by atoms with Gasteiger partial charge in [0.1, 0.15) is 5.78 Å². The van der Waals surface area contributed by atoms with Crippen LogP contribution >= 0.6 is 0 Å². The second kappa shape index (κ2) is 5.87. The second-order valence-corrected chi connectivity index (χ2v) is 5.03. The molecule has 0 atom stereocenters. The Kier molecular flexibility index (Phi) is 3.77. The largest absolute Gasteiger partial charge is 0.299 e. The first-order valence-electron chi connectivity index (χ1n) is 7.13. The molecule has 0 aliphatic heterocycles. The molecule has 0 fully saturated rings. The van der Waals surface area contributed by atoms with Gasteiger partial charge in [-0.2, -0.15) is 5.10 Å². The number of carbonyl (C=O) groups is 1. The Morgan fingerprint density at radius 2 is 2.00 bits per heavy atom. The molecule has 0 spiro atoms. The summed E-state index contributed by atoms with van der Waals surface area (Å²) in [5.74, 6) is 0.162. The molecule has 106 valence electrons. The lowest BCUT2D eigenvalue weighted by molar-refractivity contribution is -0.117. The van der Waals surface area contributed by atoms with E-state index < -0.39 is 0 Å². The van der Waals surface area contributed by atoms with Crippen LogP contribution in [0.15, 0.2) is 48.8 Å². The normalized spacial score (nSPS) is 10.9. The summed E-state index contributed by atoms with van der Waals surface area (Å²) in [6.45, 7) is 2.86. The molecule has 4 nitrogen and oxygen atoms in total. The van der Waals surface area contributed by atoms with Crippen molar-refractivity contribution in [3.8, 4) is 0 Å². The minimum atomic E-state index is 0.162. The number of para-hydroxylation sites is 1. The van der Waals surface area contributed by atoms with Gasteiger partial charge in [0.2, 0.25) is 0 Å². The van der Waals surface area contributed by atoms with Crippen LogP contribution in [0.25, 0.3) is 10.9 Å². The number of carbonyl (C=O) groups excluding carboxylic acids is 1. The van der Waals surface area contributed by atoms with Gasteiger partial charge in [-0.15, -0.1) is 0 Å². The molecular weight excluding hydrogens is 262 g/mol. The van der Waals surface area contributed by atoms with E-state index in [1.165, 1.54) is 0 Å². The molecule has 0 bridgehead atoms. The van der Waals surface area contributed by atoms with Gasteiger partial charge in [0.15, 0.2) is 0 Å². The van der Waals surface area contributed by atoms with Crippen molar-refractivity contribution < 1.29 is 4.79 Å². The zero-order valence-corrected chi connectivity index (χ0v) is 12.0. The molecule has 1 aromatic carbocycles.